The Hall–Kier alpha value is -0.610. The maximum atomic E-state index is 11.1. The first-order valence-electron chi connectivity index (χ1n) is 6.48. The highest BCUT2D eigenvalue weighted by Gasteiger charge is 2.21. The molecule has 1 heterocycles. The van der Waals surface area contributed by atoms with E-state index >= 15 is 0 Å². The highest BCUT2D eigenvalue weighted by atomic mass is 16.1. The number of rotatable bonds is 6. The molecule has 94 valence electrons. The summed E-state index contributed by atoms with van der Waals surface area (Å²) in [7, 11) is 0. The van der Waals surface area contributed by atoms with E-state index in [1.165, 1.54) is 45.2 Å². The first kappa shape index (κ1) is 13.5. The van der Waals surface area contributed by atoms with Crippen LogP contribution in [0.1, 0.15) is 39.0 Å². The molecule has 16 heavy (non-hydrogen) atoms. The topological polar surface area (TPSA) is 58.4 Å². The van der Waals surface area contributed by atoms with Gasteiger partial charge in [0, 0.05) is 12.6 Å². The van der Waals surface area contributed by atoms with E-state index in [9.17, 15) is 4.79 Å². The van der Waals surface area contributed by atoms with Crippen molar-refractivity contribution in [3.8, 4) is 0 Å². The Morgan fingerprint density at radius 1 is 1.50 bits per heavy atom. The van der Waals surface area contributed by atoms with Crippen molar-refractivity contribution in [1.29, 1.82) is 0 Å². The molecule has 0 radical (unpaired) electrons. The number of unbranched alkanes of at least 4 members (excludes halogenated alkanes) is 1. The van der Waals surface area contributed by atoms with Gasteiger partial charge < -0.3 is 11.1 Å². The molecular formula is C12H25N3O. The standard InChI is InChI=1S/C12H25N3O/c1-2-3-7-15-8-5-4-6-11(15)10-14-12(16)9-13/h11H,2-10,13H2,1H3,(H,14,16). The number of carbonyl (C=O) groups excluding carboxylic acids is 1. The Labute approximate surface area is 98.6 Å². The number of nitrogens with two attached hydrogens (primary N) is 1. The van der Waals surface area contributed by atoms with Gasteiger partial charge in [0.25, 0.3) is 0 Å². The molecule has 3 N–H and O–H groups in total. The Balaban J connectivity index is 2.31. The van der Waals surface area contributed by atoms with Crippen LogP contribution in [0.3, 0.4) is 0 Å². The smallest absolute Gasteiger partial charge is 0.233 e. The fraction of sp³-hybridized carbons (Fsp3) is 0.917. The number of amides is 1. The Morgan fingerprint density at radius 3 is 3.00 bits per heavy atom. The summed E-state index contributed by atoms with van der Waals surface area (Å²) < 4.78 is 0. The molecular weight excluding hydrogens is 202 g/mol. The van der Waals surface area contributed by atoms with Gasteiger partial charge in [-0.2, -0.15) is 0 Å². The van der Waals surface area contributed by atoms with Crippen LogP contribution in [-0.4, -0.2) is 43.0 Å². The molecule has 1 rings (SSSR count). The van der Waals surface area contributed by atoms with Crippen molar-refractivity contribution in [2.24, 2.45) is 5.73 Å². The second-order valence-electron chi connectivity index (χ2n) is 4.55. The third kappa shape index (κ3) is 4.49. The van der Waals surface area contributed by atoms with Crippen LogP contribution in [0, 0.1) is 0 Å². The third-order valence-corrected chi connectivity index (χ3v) is 3.27. The van der Waals surface area contributed by atoms with Crippen molar-refractivity contribution in [2.45, 2.75) is 45.1 Å². The van der Waals surface area contributed by atoms with Gasteiger partial charge in [-0.15, -0.1) is 0 Å². The predicted octanol–water partition coefficient (Wildman–Crippen LogP) is 0.716. The minimum absolute atomic E-state index is 0.0407. The fourth-order valence-corrected chi connectivity index (χ4v) is 2.25. The molecule has 1 atom stereocenters. The molecule has 0 aliphatic carbocycles. The summed E-state index contributed by atoms with van der Waals surface area (Å²) >= 11 is 0. The first-order chi connectivity index (χ1) is 7.77. The molecule has 1 aliphatic rings. The van der Waals surface area contributed by atoms with E-state index in [0.29, 0.717) is 6.04 Å². The molecule has 4 heteroatoms. The lowest BCUT2D eigenvalue weighted by molar-refractivity contribution is -0.120. The maximum absolute atomic E-state index is 11.1. The van der Waals surface area contributed by atoms with Crippen LogP contribution in [0.15, 0.2) is 0 Å². The molecule has 0 aromatic carbocycles. The van der Waals surface area contributed by atoms with Crippen LogP contribution in [0.25, 0.3) is 0 Å². The summed E-state index contributed by atoms with van der Waals surface area (Å²) in [6.07, 6.45) is 6.27. The zero-order chi connectivity index (χ0) is 11.8. The van der Waals surface area contributed by atoms with Crippen LogP contribution < -0.4 is 11.1 Å². The van der Waals surface area contributed by atoms with Gasteiger partial charge in [-0.25, -0.2) is 0 Å². The van der Waals surface area contributed by atoms with Gasteiger partial charge in [0.2, 0.25) is 5.91 Å². The molecule has 1 amide bonds. The van der Waals surface area contributed by atoms with Crippen molar-refractivity contribution in [3.63, 3.8) is 0 Å². The lowest BCUT2D eigenvalue weighted by atomic mass is 10.0. The number of nitrogens with one attached hydrogen (secondary N) is 1. The SMILES string of the molecule is CCCCN1CCCCC1CNC(=O)CN. The summed E-state index contributed by atoms with van der Waals surface area (Å²) in [5.41, 5.74) is 5.28. The van der Waals surface area contributed by atoms with Gasteiger partial charge in [0.1, 0.15) is 0 Å². The molecule has 0 saturated carbocycles. The van der Waals surface area contributed by atoms with Gasteiger partial charge in [-0.05, 0) is 32.4 Å². The van der Waals surface area contributed by atoms with E-state index in [-0.39, 0.29) is 12.5 Å². The molecule has 0 bridgehead atoms. The summed E-state index contributed by atoms with van der Waals surface area (Å²) in [6.45, 7) is 5.43. The normalized spacial score (nSPS) is 22.0. The molecule has 1 unspecified atom stereocenters. The van der Waals surface area contributed by atoms with Crippen molar-refractivity contribution in [3.05, 3.63) is 0 Å². The van der Waals surface area contributed by atoms with Crippen LogP contribution in [-0.2, 0) is 4.79 Å². The largest absolute Gasteiger partial charge is 0.353 e. The molecule has 0 spiro atoms. The van der Waals surface area contributed by atoms with E-state index in [2.05, 4.69) is 17.1 Å². The van der Waals surface area contributed by atoms with Gasteiger partial charge in [0.15, 0.2) is 0 Å². The van der Waals surface area contributed by atoms with Crippen LogP contribution in [0.2, 0.25) is 0 Å². The maximum Gasteiger partial charge on any atom is 0.233 e. The van der Waals surface area contributed by atoms with Crippen molar-refractivity contribution in [2.75, 3.05) is 26.2 Å². The Kier molecular flexibility index (Phi) is 6.42. The minimum atomic E-state index is -0.0407. The summed E-state index contributed by atoms with van der Waals surface area (Å²) in [6, 6.07) is 0.524. The average Bonchev–Trinajstić information content (AvgIpc) is 2.34. The van der Waals surface area contributed by atoms with Gasteiger partial charge in [0.05, 0.1) is 6.54 Å². The van der Waals surface area contributed by atoms with Crippen molar-refractivity contribution < 1.29 is 4.79 Å². The van der Waals surface area contributed by atoms with E-state index in [0.717, 1.165) is 6.54 Å². The molecule has 1 fully saturated rings. The quantitative estimate of drug-likeness (QED) is 0.703. The number of piperidine rings is 1. The number of carbonyl (C=O) groups is 1. The lowest BCUT2D eigenvalue weighted by Gasteiger charge is -2.35. The van der Waals surface area contributed by atoms with Gasteiger partial charge >= 0.3 is 0 Å². The number of likely N-dealkylation sites (tertiary alicyclic amines) is 1. The Morgan fingerprint density at radius 2 is 2.31 bits per heavy atom. The van der Waals surface area contributed by atoms with Crippen LogP contribution in [0.5, 0.6) is 0 Å². The fourth-order valence-electron chi connectivity index (χ4n) is 2.25. The molecule has 1 saturated heterocycles. The number of nitrogens with zero attached hydrogens (tertiary/aromatic N) is 1. The van der Waals surface area contributed by atoms with Crippen LogP contribution in [0.4, 0.5) is 0 Å². The highest BCUT2D eigenvalue weighted by molar-refractivity contribution is 5.77. The summed E-state index contributed by atoms with van der Waals surface area (Å²) in [4.78, 5) is 13.6. The second kappa shape index (κ2) is 7.63. The molecule has 0 aromatic heterocycles. The number of hydrogen-bond acceptors (Lipinski definition) is 3. The molecule has 1 aliphatic heterocycles. The van der Waals surface area contributed by atoms with Crippen LogP contribution >= 0.6 is 0 Å². The van der Waals surface area contributed by atoms with E-state index in [1.54, 1.807) is 0 Å². The minimum Gasteiger partial charge on any atom is -0.353 e. The highest BCUT2D eigenvalue weighted by Crippen LogP contribution is 2.16. The lowest BCUT2D eigenvalue weighted by Crippen LogP contribution is -2.47. The van der Waals surface area contributed by atoms with E-state index in [1.807, 2.05) is 0 Å². The zero-order valence-electron chi connectivity index (χ0n) is 10.4. The van der Waals surface area contributed by atoms with E-state index in [4.69, 9.17) is 5.73 Å². The van der Waals surface area contributed by atoms with Gasteiger partial charge in [-0.3, -0.25) is 9.69 Å². The number of hydrogen-bond donors (Lipinski definition) is 2. The predicted molar refractivity (Wildman–Crippen MR) is 66.2 cm³/mol. The molecule has 0 aromatic rings. The summed E-state index contributed by atoms with van der Waals surface area (Å²) in [5, 5.41) is 2.90. The summed E-state index contributed by atoms with van der Waals surface area (Å²) in [5.74, 6) is -0.0407. The second-order valence-corrected chi connectivity index (χ2v) is 4.55. The van der Waals surface area contributed by atoms with Crippen molar-refractivity contribution in [1.82, 2.24) is 10.2 Å². The average molecular weight is 227 g/mol. The van der Waals surface area contributed by atoms with Gasteiger partial charge in [-0.1, -0.05) is 19.8 Å². The first-order valence-corrected chi connectivity index (χ1v) is 6.48. The Bertz CT molecular complexity index is 208. The third-order valence-electron chi connectivity index (χ3n) is 3.27. The zero-order valence-corrected chi connectivity index (χ0v) is 10.4. The monoisotopic (exact) mass is 227 g/mol. The van der Waals surface area contributed by atoms with E-state index < -0.39 is 0 Å². The molecule has 4 nitrogen and oxygen atoms in total. The van der Waals surface area contributed by atoms with Crippen molar-refractivity contribution >= 4 is 5.91 Å².